The summed E-state index contributed by atoms with van der Waals surface area (Å²) in [5.41, 5.74) is 0. The van der Waals surface area contributed by atoms with Crippen molar-refractivity contribution in [3.63, 3.8) is 0 Å². The first-order chi connectivity index (χ1) is 31.0. The lowest BCUT2D eigenvalue weighted by molar-refractivity contribution is -0.151. The molecular weight excluding hydrogens is 779 g/mol. The summed E-state index contributed by atoms with van der Waals surface area (Å²) in [6, 6.07) is -0.716. The van der Waals surface area contributed by atoms with E-state index in [1.54, 1.807) is 0 Å². The number of carbonyl (C=O) groups is 2. The van der Waals surface area contributed by atoms with Crippen LogP contribution in [0.1, 0.15) is 265 Å². The highest BCUT2D eigenvalue weighted by Crippen LogP contribution is 2.17. The monoisotopic (exact) mass is 882 g/mol. The van der Waals surface area contributed by atoms with Crippen LogP contribution < -0.4 is 5.32 Å². The van der Waals surface area contributed by atoms with Gasteiger partial charge in [-0.1, -0.05) is 236 Å². The predicted molar refractivity (Wildman–Crippen MR) is 273 cm³/mol. The molecule has 0 aliphatic heterocycles. The molecule has 3 N–H and O–H groups in total. The molecular formula is C57H103NO5. The molecule has 0 bridgehead atoms. The van der Waals surface area contributed by atoms with E-state index in [2.05, 4.69) is 86.8 Å². The molecule has 0 saturated heterocycles. The van der Waals surface area contributed by atoms with E-state index in [1.165, 1.54) is 148 Å². The number of carbonyl (C=O) groups excluding carboxylic acids is 2. The van der Waals surface area contributed by atoms with Crippen LogP contribution in [0.25, 0.3) is 0 Å². The number of unbranched alkanes of at least 4 members (excludes halogenated alkanes) is 29. The van der Waals surface area contributed by atoms with Gasteiger partial charge in [0.1, 0.15) is 6.10 Å². The SMILES string of the molecule is CCCCC/C=C/C=C/C=C/C=C/CCCCCC(CC(=O)NC(CO)C(O)CCCCCCCCCCCCCCC)OC(=O)CCCCCCCCC/C=C\CCCCCC. The Balaban J connectivity index is 4.67. The van der Waals surface area contributed by atoms with Crippen molar-refractivity contribution in [2.45, 2.75) is 283 Å². The minimum absolute atomic E-state index is 0.0495. The van der Waals surface area contributed by atoms with Crippen molar-refractivity contribution in [3.8, 4) is 0 Å². The maximum Gasteiger partial charge on any atom is 0.306 e. The molecule has 0 rings (SSSR count). The van der Waals surface area contributed by atoms with Crippen molar-refractivity contribution >= 4 is 11.9 Å². The summed E-state index contributed by atoms with van der Waals surface area (Å²) in [4.78, 5) is 26.2. The minimum atomic E-state index is -0.800. The quantitative estimate of drug-likeness (QED) is 0.0245. The van der Waals surface area contributed by atoms with E-state index < -0.39 is 18.2 Å². The molecule has 6 nitrogen and oxygen atoms in total. The summed E-state index contributed by atoms with van der Waals surface area (Å²) in [5, 5.41) is 23.8. The van der Waals surface area contributed by atoms with Crippen LogP contribution in [0.15, 0.2) is 60.8 Å². The molecule has 3 atom stereocenters. The zero-order chi connectivity index (χ0) is 45.9. The average molecular weight is 882 g/mol. The van der Waals surface area contributed by atoms with Crippen LogP contribution in [0.2, 0.25) is 0 Å². The lowest BCUT2D eigenvalue weighted by Crippen LogP contribution is -2.46. The predicted octanol–water partition coefficient (Wildman–Crippen LogP) is 16.4. The van der Waals surface area contributed by atoms with E-state index in [0.29, 0.717) is 19.3 Å². The van der Waals surface area contributed by atoms with Crippen LogP contribution in [0.4, 0.5) is 0 Å². The Labute approximate surface area is 390 Å². The van der Waals surface area contributed by atoms with Crippen molar-refractivity contribution < 1.29 is 24.5 Å². The Morgan fingerprint density at radius 1 is 0.460 bits per heavy atom. The van der Waals surface area contributed by atoms with Gasteiger partial charge < -0.3 is 20.3 Å². The number of ether oxygens (including phenoxy) is 1. The average Bonchev–Trinajstić information content (AvgIpc) is 3.28. The molecule has 0 aromatic carbocycles. The molecule has 0 saturated carbocycles. The standard InChI is InChI=1S/C57H103NO5/c1-4-7-10-13-16-19-22-25-27-29-31-33-36-39-42-45-48-53(63-57(62)50-47-44-41-38-35-32-28-26-23-20-17-14-11-8-5-2)51-56(61)58-54(52-59)55(60)49-46-43-40-37-34-30-24-21-18-15-12-9-6-3/h16,19-20,22-23,25,27,29,31,33,53-55,59-60H,4-15,17-18,21,24,26,28,30,32,34-52H2,1-3H3,(H,58,61)/b19-16+,23-20-,25-22+,29-27+,33-31+. The van der Waals surface area contributed by atoms with Crippen molar-refractivity contribution in [2.75, 3.05) is 6.61 Å². The van der Waals surface area contributed by atoms with Gasteiger partial charge in [-0.2, -0.15) is 0 Å². The molecule has 3 unspecified atom stereocenters. The van der Waals surface area contributed by atoms with Crippen molar-refractivity contribution in [1.82, 2.24) is 5.32 Å². The van der Waals surface area contributed by atoms with Gasteiger partial charge >= 0.3 is 5.97 Å². The lowest BCUT2D eigenvalue weighted by Gasteiger charge is -2.24. The van der Waals surface area contributed by atoms with Gasteiger partial charge in [0, 0.05) is 6.42 Å². The first-order valence-electron chi connectivity index (χ1n) is 27.1. The highest BCUT2D eigenvalue weighted by atomic mass is 16.5. The van der Waals surface area contributed by atoms with E-state index in [1.807, 2.05) is 0 Å². The van der Waals surface area contributed by atoms with Gasteiger partial charge in [0.15, 0.2) is 0 Å². The van der Waals surface area contributed by atoms with Gasteiger partial charge in [0.2, 0.25) is 5.91 Å². The second kappa shape index (κ2) is 50.6. The van der Waals surface area contributed by atoms with Gasteiger partial charge in [-0.15, -0.1) is 0 Å². The molecule has 0 aromatic heterocycles. The van der Waals surface area contributed by atoms with E-state index in [9.17, 15) is 19.8 Å². The minimum Gasteiger partial charge on any atom is -0.462 e. The van der Waals surface area contributed by atoms with Crippen LogP contribution in [-0.4, -0.2) is 46.9 Å². The van der Waals surface area contributed by atoms with E-state index in [-0.39, 0.29) is 24.9 Å². The summed E-state index contributed by atoms with van der Waals surface area (Å²) >= 11 is 0. The van der Waals surface area contributed by atoms with Gasteiger partial charge in [0.05, 0.1) is 25.2 Å². The lowest BCUT2D eigenvalue weighted by atomic mass is 10.0. The smallest absolute Gasteiger partial charge is 0.306 e. The fraction of sp³-hybridized carbons (Fsp3) is 0.789. The fourth-order valence-electron chi connectivity index (χ4n) is 8.03. The summed E-state index contributed by atoms with van der Waals surface area (Å²) < 4.78 is 5.93. The zero-order valence-corrected chi connectivity index (χ0v) is 41.7. The molecule has 1 amide bonds. The molecule has 0 fully saturated rings. The first-order valence-corrected chi connectivity index (χ1v) is 27.1. The van der Waals surface area contributed by atoms with E-state index in [0.717, 1.165) is 70.6 Å². The Morgan fingerprint density at radius 2 is 0.825 bits per heavy atom. The van der Waals surface area contributed by atoms with Crippen molar-refractivity contribution in [2.24, 2.45) is 0 Å². The molecule has 0 radical (unpaired) electrons. The molecule has 0 spiro atoms. The van der Waals surface area contributed by atoms with Gasteiger partial charge in [-0.05, 0) is 77.0 Å². The fourth-order valence-corrected chi connectivity index (χ4v) is 8.03. The number of hydrogen-bond acceptors (Lipinski definition) is 5. The molecule has 0 aliphatic rings. The summed E-state index contributed by atoms with van der Waals surface area (Å²) in [6.07, 6.45) is 62.7. The highest BCUT2D eigenvalue weighted by molar-refractivity contribution is 5.77. The molecule has 0 aromatic rings. The number of hydrogen-bond donors (Lipinski definition) is 3. The molecule has 0 aliphatic carbocycles. The van der Waals surface area contributed by atoms with E-state index in [4.69, 9.17) is 4.74 Å². The molecule has 366 valence electrons. The maximum atomic E-state index is 13.2. The number of amides is 1. The van der Waals surface area contributed by atoms with Crippen LogP contribution in [0.3, 0.4) is 0 Å². The van der Waals surface area contributed by atoms with Gasteiger partial charge in [-0.25, -0.2) is 0 Å². The third-order valence-electron chi connectivity index (χ3n) is 12.2. The second-order valence-corrected chi connectivity index (χ2v) is 18.4. The third-order valence-corrected chi connectivity index (χ3v) is 12.2. The van der Waals surface area contributed by atoms with Crippen LogP contribution in [0, 0.1) is 0 Å². The second-order valence-electron chi connectivity index (χ2n) is 18.4. The summed E-state index contributed by atoms with van der Waals surface area (Å²) in [6.45, 7) is 6.43. The largest absolute Gasteiger partial charge is 0.462 e. The Hall–Kier alpha value is -2.44. The number of rotatable bonds is 48. The Bertz CT molecular complexity index is 1130. The normalized spacial score (nSPS) is 13.7. The molecule has 63 heavy (non-hydrogen) atoms. The third kappa shape index (κ3) is 45.9. The van der Waals surface area contributed by atoms with Crippen molar-refractivity contribution in [1.29, 1.82) is 0 Å². The summed E-state index contributed by atoms with van der Waals surface area (Å²) in [7, 11) is 0. The van der Waals surface area contributed by atoms with Crippen molar-refractivity contribution in [3.05, 3.63) is 60.8 Å². The topological polar surface area (TPSA) is 95.9 Å². The number of allylic oxidation sites excluding steroid dienone is 10. The number of aliphatic hydroxyl groups excluding tert-OH is 2. The van der Waals surface area contributed by atoms with E-state index >= 15 is 0 Å². The zero-order valence-electron chi connectivity index (χ0n) is 41.7. The van der Waals surface area contributed by atoms with Crippen LogP contribution >= 0.6 is 0 Å². The van der Waals surface area contributed by atoms with Gasteiger partial charge in [0.25, 0.3) is 0 Å². The first kappa shape index (κ1) is 60.6. The number of aliphatic hydroxyl groups is 2. The molecule has 6 heteroatoms. The highest BCUT2D eigenvalue weighted by Gasteiger charge is 2.24. The maximum absolute atomic E-state index is 13.2. The summed E-state index contributed by atoms with van der Waals surface area (Å²) in [5.74, 6) is -0.513. The Kier molecular flexibility index (Phi) is 48.6. The van der Waals surface area contributed by atoms with Gasteiger partial charge in [-0.3, -0.25) is 9.59 Å². The van der Waals surface area contributed by atoms with Crippen LogP contribution in [0.5, 0.6) is 0 Å². The van der Waals surface area contributed by atoms with Crippen LogP contribution in [-0.2, 0) is 14.3 Å². The Morgan fingerprint density at radius 3 is 1.33 bits per heavy atom. The number of nitrogens with one attached hydrogen (secondary N) is 1. The number of esters is 1. The molecule has 0 heterocycles.